The number of carbonyl (C=O) groups is 1. The number of Topliss-reactive ketones (excluding diaryl/α,β-unsaturated/α-hetero) is 1. The molecule has 0 radical (unpaired) electrons. The summed E-state index contributed by atoms with van der Waals surface area (Å²) in [5.41, 5.74) is 2.39. The molecule has 0 spiro atoms. The van der Waals surface area contributed by atoms with E-state index in [4.69, 9.17) is 4.43 Å². The Hall–Kier alpha value is -1.42. The van der Waals surface area contributed by atoms with Crippen molar-refractivity contribution in [3.05, 3.63) is 46.0 Å². The zero-order valence-corrected chi connectivity index (χ0v) is 30.7. The maximum absolute atomic E-state index is 13.4. The average Bonchev–Trinajstić information content (AvgIpc) is 3.32. The number of aromatic nitrogens is 1. The Labute approximate surface area is 267 Å². The van der Waals surface area contributed by atoms with Gasteiger partial charge in [-0.05, 0) is 95.0 Å². The maximum Gasteiger partial charge on any atom is 0.192 e. The van der Waals surface area contributed by atoms with Crippen LogP contribution in [0, 0.1) is 24.2 Å². The van der Waals surface area contributed by atoms with Gasteiger partial charge in [0, 0.05) is 23.3 Å². The quantitative estimate of drug-likeness (QED) is 0.105. The number of hydrogen-bond donors (Lipinski definition) is 3. The molecule has 8 heteroatoms. The Morgan fingerprint density at radius 1 is 1.14 bits per heavy atom. The highest BCUT2D eigenvalue weighted by Crippen LogP contribution is 2.39. The van der Waals surface area contributed by atoms with Crippen LogP contribution in [0.2, 0.25) is 18.1 Å². The number of allylic oxidation sites excluding steroid dienone is 2. The van der Waals surface area contributed by atoms with Crippen molar-refractivity contribution in [1.82, 2.24) is 4.98 Å². The fraction of sp³-hybridized carbons (Fsp3) is 0.714. The molecule has 0 saturated carbocycles. The summed E-state index contributed by atoms with van der Waals surface area (Å²) in [6.45, 7) is 26.7. The molecule has 0 aliphatic rings. The van der Waals surface area contributed by atoms with Crippen LogP contribution >= 0.6 is 11.3 Å². The van der Waals surface area contributed by atoms with Crippen molar-refractivity contribution >= 4 is 31.5 Å². The number of carbonyl (C=O) groups excluding carboxylic acids is 1. The molecule has 246 valence electrons. The van der Waals surface area contributed by atoms with E-state index in [1.54, 1.807) is 31.3 Å². The molecule has 0 aromatic carbocycles. The minimum atomic E-state index is -2.00. The van der Waals surface area contributed by atoms with Gasteiger partial charge in [0.25, 0.3) is 0 Å². The van der Waals surface area contributed by atoms with Crippen LogP contribution in [0.15, 0.2) is 35.3 Å². The number of aryl methyl sites for hydroxylation is 1. The third-order valence-corrected chi connectivity index (χ3v) is 14.6. The molecule has 1 aromatic rings. The fourth-order valence-corrected chi connectivity index (χ4v) is 6.94. The van der Waals surface area contributed by atoms with E-state index < -0.39 is 31.9 Å². The molecule has 6 nitrogen and oxygen atoms in total. The highest BCUT2D eigenvalue weighted by molar-refractivity contribution is 7.09. The first-order valence-corrected chi connectivity index (χ1v) is 19.6. The first-order valence-electron chi connectivity index (χ1n) is 15.8. The normalized spacial score (nSPS) is 17.3. The molecule has 0 aliphatic carbocycles. The van der Waals surface area contributed by atoms with E-state index >= 15 is 0 Å². The summed E-state index contributed by atoms with van der Waals surface area (Å²) >= 11 is 1.66. The lowest BCUT2D eigenvalue weighted by molar-refractivity contribution is -0.142. The van der Waals surface area contributed by atoms with Gasteiger partial charge in [0.15, 0.2) is 8.32 Å². The Kier molecular flexibility index (Phi) is 16.0. The topological polar surface area (TPSA) is 99.9 Å². The van der Waals surface area contributed by atoms with Crippen LogP contribution in [0.3, 0.4) is 0 Å². The number of ketones is 1. The summed E-state index contributed by atoms with van der Waals surface area (Å²) in [5.74, 6) is -0.918. The lowest BCUT2D eigenvalue weighted by Crippen LogP contribution is -2.46. The van der Waals surface area contributed by atoms with E-state index in [1.165, 1.54) is 11.1 Å². The molecule has 5 unspecified atom stereocenters. The second-order valence-corrected chi connectivity index (χ2v) is 20.3. The standard InChI is InChI=1S/C35H61NO5SSi/c1-13-15-29(33(40)35(9,10)31(38)20-21-37)32(39)25(3)17-14-16-24(2)18-19-30(41-43(11,12)34(6,7)8)26(4)22-28-23-42-27(5)36-28/h13,18,22-23,25,29-32,37-39H,1,14-17,19-21H2,2-12H3. The number of aliphatic hydroxyl groups is 3. The number of aliphatic hydroxyl groups excluding tert-OH is 3. The van der Waals surface area contributed by atoms with Crippen molar-refractivity contribution < 1.29 is 24.5 Å². The van der Waals surface area contributed by atoms with Crippen molar-refractivity contribution in [2.45, 2.75) is 137 Å². The van der Waals surface area contributed by atoms with Crippen LogP contribution in [-0.4, -0.2) is 59.3 Å². The fourth-order valence-electron chi connectivity index (χ4n) is 5.02. The lowest BCUT2D eigenvalue weighted by Gasteiger charge is -2.39. The molecule has 43 heavy (non-hydrogen) atoms. The van der Waals surface area contributed by atoms with Crippen LogP contribution in [-0.2, 0) is 9.22 Å². The van der Waals surface area contributed by atoms with Gasteiger partial charge in [-0.3, -0.25) is 4.79 Å². The summed E-state index contributed by atoms with van der Waals surface area (Å²) in [6.07, 6.45) is 8.12. The Balaban J connectivity index is 2.93. The minimum Gasteiger partial charge on any atom is -0.410 e. The molecule has 5 atom stereocenters. The Morgan fingerprint density at radius 3 is 2.28 bits per heavy atom. The number of hydrogen-bond acceptors (Lipinski definition) is 7. The highest BCUT2D eigenvalue weighted by atomic mass is 32.1. The average molecular weight is 636 g/mol. The molecule has 0 aliphatic heterocycles. The van der Waals surface area contributed by atoms with E-state index in [1.807, 2.05) is 13.8 Å². The molecule has 1 heterocycles. The van der Waals surface area contributed by atoms with Crippen molar-refractivity contribution in [3.63, 3.8) is 0 Å². The predicted molar refractivity (Wildman–Crippen MR) is 185 cm³/mol. The minimum absolute atomic E-state index is 0.0196. The monoisotopic (exact) mass is 635 g/mol. The largest absolute Gasteiger partial charge is 0.410 e. The van der Waals surface area contributed by atoms with Gasteiger partial charge in [0.05, 0.1) is 29.0 Å². The zero-order valence-electron chi connectivity index (χ0n) is 28.9. The van der Waals surface area contributed by atoms with Crippen LogP contribution < -0.4 is 0 Å². The van der Waals surface area contributed by atoms with Gasteiger partial charge in [-0.25, -0.2) is 4.98 Å². The third-order valence-electron chi connectivity index (χ3n) is 9.30. The number of nitrogens with zero attached hydrogens (tertiary/aromatic N) is 1. The van der Waals surface area contributed by atoms with Crippen LogP contribution in [0.5, 0.6) is 0 Å². The summed E-state index contributed by atoms with van der Waals surface area (Å²) in [5, 5.41) is 34.2. The van der Waals surface area contributed by atoms with E-state index in [0.29, 0.717) is 6.42 Å². The van der Waals surface area contributed by atoms with Crippen molar-refractivity contribution in [1.29, 1.82) is 0 Å². The Morgan fingerprint density at radius 2 is 1.77 bits per heavy atom. The molecule has 0 saturated heterocycles. The van der Waals surface area contributed by atoms with Crippen molar-refractivity contribution in [2.75, 3.05) is 6.61 Å². The summed E-state index contributed by atoms with van der Waals surface area (Å²) in [6, 6.07) is 0. The van der Waals surface area contributed by atoms with Gasteiger partial charge in [-0.2, -0.15) is 0 Å². The first-order chi connectivity index (χ1) is 19.8. The lowest BCUT2D eigenvalue weighted by atomic mass is 9.71. The van der Waals surface area contributed by atoms with Gasteiger partial charge in [-0.1, -0.05) is 59.3 Å². The molecule has 1 rings (SSSR count). The van der Waals surface area contributed by atoms with Crippen molar-refractivity contribution in [2.24, 2.45) is 17.3 Å². The van der Waals surface area contributed by atoms with E-state index in [9.17, 15) is 20.1 Å². The van der Waals surface area contributed by atoms with Gasteiger partial charge in [-0.15, -0.1) is 17.9 Å². The summed E-state index contributed by atoms with van der Waals surface area (Å²) in [4.78, 5) is 18.0. The van der Waals surface area contributed by atoms with Gasteiger partial charge >= 0.3 is 0 Å². The van der Waals surface area contributed by atoms with Crippen LogP contribution in [0.1, 0.15) is 105 Å². The Bertz CT molecular complexity index is 1080. The summed E-state index contributed by atoms with van der Waals surface area (Å²) < 4.78 is 6.90. The molecule has 0 fully saturated rings. The van der Waals surface area contributed by atoms with Gasteiger partial charge in [0.2, 0.25) is 0 Å². The molecule has 0 amide bonds. The molecular formula is C35H61NO5SSi. The predicted octanol–water partition coefficient (Wildman–Crippen LogP) is 8.28. The molecule has 3 N–H and O–H groups in total. The van der Waals surface area contributed by atoms with E-state index in [0.717, 1.165) is 36.4 Å². The number of thiazole rings is 1. The van der Waals surface area contributed by atoms with Gasteiger partial charge in [0.1, 0.15) is 5.78 Å². The molecular weight excluding hydrogens is 575 g/mol. The van der Waals surface area contributed by atoms with Gasteiger partial charge < -0.3 is 19.7 Å². The smallest absolute Gasteiger partial charge is 0.192 e. The van der Waals surface area contributed by atoms with Crippen LogP contribution in [0.25, 0.3) is 6.08 Å². The third kappa shape index (κ3) is 12.1. The molecule has 1 aromatic heterocycles. The maximum atomic E-state index is 13.4. The van der Waals surface area contributed by atoms with E-state index in [2.05, 4.69) is 76.8 Å². The van der Waals surface area contributed by atoms with Crippen LogP contribution in [0.4, 0.5) is 0 Å². The SMILES string of the molecule is C=CCC(C(=O)C(C)(C)C(O)CCO)C(O)C(C)CCCC(C)=CCC(O[Si](C)(C)C(C)(C)C)C(C)=Cc1csc(C)n1. The first kappa shape index (κ1) is 39.6. The second-order valence-electron chi connectivity index (χ2n) is 14.4. The summed E-state index contributed by atoms with van der Waals surface area (Å²) in [7, 11) is -2.00. The zero-order chi connectivity index (χ0) is 33.2. The highest BCUT2D eigenvalue weighted by Gasteiger charge is 2.42. The second kappa shape index (κ2) is 17.3. The van der Waals surface area contributed by atoms with E-state index in [-0.39, 0.29) is 35.9 Å². The number of rotatable bonds is 19. The van der Waals surface area contributed by atoms with Crippen molar-refractivity contribution in [3.8, 4) is 0 Å². The molecule has 0 bridgehead atoms.